The van der Waals surface area contributed by atoms with Crippen molar-refractivity contribution in [3.05, 3.63) is 0 Å². The lowest BCUT2D eigenvalue weighted by atomic mass is 10.3. The third-order valence-corrected chi connectivity index (χ3v) is 2.89. The van der Waals surface area contributed by atoms with E-state index < -0.39 is 0 Å². The normalized spacial score (nSPS) is 20.6. The first-order valence-electron chi connectivity index (χ1n) is 5.90. The maximum Gasteiger partial charge on any atom is 0.0110 e. The van der Waals surface area contributed by atoms with Gasteiger partial charge < -0.3 is 10.2 Å². The lowest BCUT2D eigenvalue weighted by molar-refractivity contribution is 0.137. The van der Waals surface area contributed by atoms with Crippen LogP contribution in [0.3, 0.4) is 0 Å². The molecule has 0 bridgehead atoms. The van der Waals surface area contributed by atoms with Gasteiger partial charge in [0.2, 0.25) is 0 Å². The van der Waals surface area contributed by atoms with E-state index in [4.69, 9.17) is 0 Å². The van der Waals surface area contributed by atoms with Crippen LogP contribution >= 0.6 is 0 Å². The van der Waals surface area contributed by atoms with Gasteiger partial charge in [-0.3, -0.25) is 4.90 Å². The molecule has 1 heterocycles. The first kappa shape index (κ1) is 12.0. The van der Waals surface area contributed by atoms with Crippen LogP contribution in [0.1, 0.15) is 20.8 Å². The van der Waals surface area contributed by atoms with E-state index in [1.807, 2.05) is 0 Å². The van der Waals surface area contributed by atoms with Crippen LogP contribution in [0.2, 0.25) is 0 Å². The van der Waals surface area contributed by atoms with Gasteiger partial charge in [-0.25, -0.2) is 0 Å². The highest BCUT2D eigenvalue weighted by atomic mass is 15.3. The molecule has 0 atom stereocenters. The van der Waals surface area contributed by atoms with Crippen LogP contribution in [0.15, 0.2) is 0 Å². The summed E-state index contributed by atoms with van der Waals surface area (Å²) < 4.78 is 0. The molecule has 0 radical (unpaired) electrons. The zero-order valence-electron chi connectivity index (χ0n) is 9.92. The molecular formula is C11H25N3. The largest absolute Gasteiger partial charge is 0.313 e. The van der Waals surface area contributed by atoms with Gasteiger partial charge >= 0.3 is 0 Å². The summed E-state index contributed by atoms with van der Waals surface area (Å²) in [7, 11) is 0. The Morgan fingerprint density at radius 3 is 2.14 bits per heavy atom. The Bertz CT molecular complexity index is 139. The van der Waals surface area contributed by atoms with E-state index in [2.05, 4.69) is 35.9 Å². The Balaban J connectivity index is 2.04. The quantitative estimate of drug-likeness (QED) is 0.700. The van der Waals surface area contributed by atoms with Gasteiger partial charge in [0.1, 0.15) is 0 Å². The molecule has 1 saturated heterocycles. The van der Waals surface area contributed by atoms with Crippen molar-refractivity contribution in [2.24, 2.45) is 0 Å². The molecule has 84 valence electrons. The topological polar surface area (TPSA) is 18.5 Å². The maximum atomic E-state index is 3.46. The Hall–Kier alpha value is -0.120. The fourth-order valence-electron chi connectivity index (χ4n) is 1.84. The monoisotopic (exact) mass is 199 g/mol. The first-order chi connectivity index (χ1) is 6.72. The standard InChI is InChI=1S/C11H25N3/c1-4-13-7-9-14(10-8-13)6-5-12-11(2)3/h11-12H,4-10H2,1-3H3. The summed E-state index contributed by atoms with van der Waals surface area (Å²) in [6.07, 6.45) is 0. The highest BCUT2D eigenvalue weighted by Crippen LogP contribution is 1.99. The molecule has 1 aliphatic heterocycles. The van der Waals surface area contributed by atoms with E-state index in [1.54, 1.807) is 0 Å². The van der Waals surface area contributed by atoms with Gasteiger partial charge in [-0.1, -0.05) is 20.8 Å². The van der Waals surface area contributed by atoms with Crippen molar-refractivity contribution in [1.82, 2.24) is 15.1 Å². The second-order valence-corrected chi connectivity index (χ2v) is 4.38. The number of rotatable bonds is 5. The van der Waals surface area contributed by atoms with Crippen LogP contribution in [0.25, 0.3) is 0 Å². The molecule has 1 fully saturated rings. The third kappa shape index (κ3) is 4.40. The van der Waals surface area contributed by atoms with E-state index in [0.717, 1.165) is 6.54 Å². The van der Waals surface area contributed by atoms with Crippen molar-refractivity contribution in [2.75, 3.05) is 45.8 Å². The number of hydrogen-bond donors (Lipinski definition) is 1. The molecule has 1 rings (SSSR count). The SMILES string of the molecule is CCN1CCN(CCNC(C)C)CC1. The molecule has 14 heavy (non-hydrogen) atoms. The van der Waals surface area contributed by atoms with Crippen LogP contribution in [0.4, 0.5) is 0 Å². The molecule has 0 unspecified atom stereocenters. The van der Waals surface area contributed by atoms with Crippen molar-refractivity contribution in [1.29, 1.82) is 0 Å². The highest BCUT2D eigenvalue weighted by molar-refractivity contribution is 4.71. The van der Waals surface area contributed by atoms with Gasteiger partial charge in [-0.2, -0.15) is 0 Å². The smallest absolute Gasteiger partial charge is 0.0110 e. The van der Waals surface area contributed by atoms with Gasteiger partial charge in [0, 0.05) is 45.3 Å². The fourth-order valence-corrected chi connectivity index (χ4v) is 1.84. The highest BCUT2D eigenvalue weighted by Gasteiger charge is 2.14. The molecule has 0 aromatic rings. The van der Waals surface area contributed by atoms with E-state index in [1.165, 1.54) is 39.3 Å². The Morgan fingerprint density at radius 1 is 1.07 bits per heavy atom. The van der Waals surface area contributed by atoms with Crippen LogP contribution < -0.4 is 5.32 Å². The summed E-state index contributed by atoms with van der Waals surface area (Å²) in [4.78, 5) is 5.08. The predicted molar refractivity (Wildman–Crippen MR) is 61.7 cm³/mol. The van der Waals surface area contributed by atoms with Gasteiger partial charge in [-0.05, 0) is 6.54 Å². The van der Waals surface area contributed by atoms with E-state index in [-0.39, 0.29) is 0 Å². The summed E-state index contributed by atoms with van der Waals surface area (Å²) in [6.45, 7) is 15.2. The lowest BCUT2D eigenvalue weighted by Crippen LogP contribution is -2.48. The minimum Gasteiger partial charge on any atom is -0.313 e. The average Bonchev–Trinajstić information content (AvgIpc) is 2.18. The molecule has 3 heteroatoms. The summed E-state index contributed by atoms with van der Waals surface area (Å²) >= 11 is 0. The van der Waals surface area contributed by atoms with Crippen LogP contribution in [0.5, 0.6) is 0 Å². The van der Waals surface area contributed by atoms with Crippen molar-refractivity contribution in [3.63, 3.8) is 0 Å². The summed E-state index contributed by atoms with van der Waals surface area (Å²) in [6, 6.07) is 0.618. The molecule has 0 aromatic heterocycles. The molecule has 0 aliphatic carbocycles. The molecule has 0 spiro atoms. The molecule has 0 saturated carbocycles. The Labute approximate surface area is 88.5 Å². The second kappa shape index (κ2) is 6.38. The number of nitrogens with one attached hydrogen (secondary N) is 1. The molecule has 1 aliphatic rings. The third-order valence-electron chi connectivity index (χ3n) is 2.89. The maximum absolute atomic E-state index is 3.46. The number of nitrogens with zero attached hydrogens (tertiary/aromatic N) is 2. The molecule has 0 amide bonds. The lowest BCUT2D eigenvalue weighted by Gasteiger charge is -2.34. The van der Waals surface area contributed by atoms with Gasteiger partial charge in [-0.15, -0.1) is 0 Å². The fraction of sp³-hybridized carbons (Fsp3) is 1.00. The average molecular weight is 199 g/mol. The minimum absolute atomic E-state index is 0.618. The van der Waals surface area contributed by atoms with Gasteiger partial charge in [0.25, 0.3) is 0 Å². The predicted octanol–water partition coefficient (Wildman–Crippen LogP) is 0.622. The summed E-state index contributed by atoms with van der Waals surface area (Å²) in [5.41, 5.74) is 0. The van der Waals surface area contributed by atoms with Gasteiger partial charge in [0.05, 0.1) is 0 Å². The summed E-state index contributed by atoms with van der Waals surface area (Å²) in [5.74, 6) is 0. The zero-order valence-corrected chi connectivity index (χ0v) is 9.92. The van der Waals surface area contributed by atoms with E-state index >= 15 is 0 Å². The molecule has 3 nitrogen and oxygen atoms in total. The van der Waals surface area contributed by atoms with Gasteiger partial charge in [0.15, 0.2) is 0 Å². The van der Waals surface area contributed by atoms with Crippen LogP contribution in [-0.4, -0.2) is 61.7 Å². The first-order valence-corrected chi connectivity index (χ1v) is 5.90. The molecule has 1 N–H and O–H groups in total. The molecule has 0 aromatic carbocycles. The minimum atomic E-state index is 0.618. The second-order valence-electron chi connectivity index (χ2n) is 4.38. The van der Waals surface area contributed by atoms with Crippen molar-refractivity contribution in [3.8, 4) is 0 Å². The van der Waals surface area contributed by atoms with Crippen molar-refractivity contribution >= 4 is 0 Å². The molecular weight excluding hydrogens is 174 g/mol. The van der Waals surface area contributed by atoms with Crippen LogP contribution in [0, 0.1) is 0 Å². The number of piperazine rings is 1. The number of hydrogen-bond acceptors (Lipinski definition) is 3. The number of likely N-dealkylation sites (N-methyl/N-ethyl adjacent to an activating group) is 1. The van der Waals surface area contributed by atoms with Crippen molar-refractivity contribution in [2.45, 2.75) is 26.8 Å². The summed E-state index contributed by atoms with van der Waals surface area (Å²) in [5, 5.41) is 3.46. The van der Waals surface area contributed by atoms with E-state index in [9.17, 15) is 0 Å². The van der Waals surface area contributed by atoms with E-state index in [0.29, 0.717) is 6.04 Å². The van der Waals surface area contributed by atoms with Crippen molar-refractivity contribution < 1.29 is 0 Å². The Morgan fingerprint density at radius 2 is 1.64 bits per heavy atom. The zero-order chi connectivity index (χ0) is 10.4. The Kier molecular flexibility index (Phi) is 5.45. The van der Waals surface area contributed by atoms with Crippen LogP contribution in [-0.2, 0) is 0 Å².